The Labute approximate surface area is 154 Å². The normalized spacial score (nSPS) is 20.4. The van der Waals surface area contributed by atoms with Crippen molar-refractivity contribution in [1.29, 1.82) is 0 Å². The fourth-order valence-electron chi connectivity index (χ4n) is 3.30. The molecule has 0 amide bonds. The van der Waals surface area contributed by atoms with Crippen LogP contribution in [0.15, 0.2) is 48.5 Å². The van der Waals surface area contributed by atoms with Gasteiger partial charge < -0.3 is 10.1 Å². The predicted molar refractivity (Wildman–Crippen MR) is 93.3 cm³/mol. The van der Waals surface area contributed by atoms with Gasteiger partial charge in [-0.1, -0.05) is 30.3 Å². The minimum atomic E-state index is -4.65. The number of hydrogen-bond donors (Lipinski definition) is 1. The lowest BCUT2D eigenvalue weighted by molar-refractivity contribution is -0.385. The van der Waals surface area contributed by atoms with Crippen LogP contribution in [-0.4, -0.2) is 24.1 Å². The Morgan fingerprint density at radius 2 is 1.93 bits per heavy atom. The summed E-state index contributed by atoms with van der Waals surface area (Å²) in [4.78, 5) is 10.1. The maximum absolute atomic E-state index is 13.0. The molecule has 0 saturated carbocycles. The Balaban J connectivity index is 1.78. The van der Waals surface area contributed by atoms with Crippen molar-refractivity contribution in [2.45, 2.75) is 31.2 Å². The van der Waals surface area contributed by atoms with Crippen molar-refractivity contribution in [1.82, 2.24) is 5.32 Å². The van der Waals surface area contributed by atoms with Gasteiger partial charge in [0.1, 0.15) is 0 Å². The van der Waals surface area contributed by atoms with Crippen molar-refractivity contribution < 1.29 is 22.8 Å². The minimum absolute atomic E-state index is 0.0701. The first-order valence-electron chi connectivity index (χ1n) is 8.57. The molecule has 144 valence electrons. The van der Waals surface area contributed by atoms with Gasteiger partial charge in [0.15, 0.2) is 0 Å². The van der Waals surface area contributed by atoms with Gasteiger partial charge in [-0.3, -0.25) is 10.1 Å². The number of halogens is 3. The molecule has 0 spiro atoms. The number of non-ortho nitro benzene ring substituents is 1. The Kier molecular flexibility index (Phi) is 5.76. The van der Waals surface area contributed by atoms with E-state index in [0.29, 0.717) is 19.0 Å². The SMILES string of the molecule is O=[N+]([O-])c1cc(CO[C@@H]2CCNC[C@@H]2c2ccccc2)cc(C(F)(F)F)c1. The molecule has 0 aromatic heterocycles. The van der Waals surface area contributed by atoms with Gasteiger partial charge >= 0.3 is 6.18 Å². The standard InChI is InChI=1S/C19H19F3N2O3/c20-19(21,22)15-8-13(9-16(10-15)24(25)26)12-27-18-6-7-23-11-17(18)14-4-2-1-3-5-14/h1-5,8-10,17-18,23H,6-7,11-12H2/t17-,18-/m1/s1. The fourth-order valence-corrected chi connectivity index (χ4v) is 3.30. The average molecular weight is 380 g/mol. The third-order valence-corrected chi connectivity index (χ3v) is 4.63. The van der Waals surface area contributed by atoms with Crippen molar-refractivity contribution in [3.63, 3.8) is 0 Å². The number of hydrogen-bond acceptors (Lipinski definition) is 4. The van der Waals surface area contributed by atoms with Crippen LogP contribution < -0.4 is 5.32 Å². The van der Waals surface area contributed by atoms with Crippen molar-refractivity contribution >= 4 is 5.69 Å². The van der Waals surface area contributed by atoms with E-state index < -0.39 is 22.4 Å². The summed E-state index contributed by atoms with van der Waals surface area (Å²) in [6.07, 6.45) is -4.12. The molecule has 2 aromatic carbocycles. The lowest BCUT2D eigenvalue weighted by Gasteiger charge is -2.32. The van der Waals surface area contributed by atoms with E-state index in [2.05, 4.69) is 5.32 Å². The fraction of sp³-hybridized carbons (Fsp3) is 0.368. The van der Waals surface area contributed by atoms with E-state index in [4.69, 9.17) is 4.74 Å². The van der Waals surface area contributed by atoms with Crippen LogP contribution in [0.25, 0.3) is 0 Å². The zero-order valence-corrected chi connectivity index (χ0v) is 14.4. The van der Waals surface area contributed by atoms with Gasteiger partial charge in [0.25, 0.3) is 5.69 Å². The van der Waals surface area contributed by atoms with Gasteiger partial charge in [0.05, 0.1) is 23.2 Å². The van der Waals surface area contributed by atoms with Gasteiger partial charge in [-0.15, -0.1) is 0 Å². The van der Waals surface area contributed by atoms with Crippen LogP contribution in [-0.2, 0) is 17.5 Å². The second-order valence-corrected chi connectivity index (χ2v) is 6.50. The molecule has 1 aliphatic heterocycles. The van der Waals surface area contributed by atoms with E-state index in [-0.39, 0.29) is 24.2 Å². The lowest BCUT2D eigenvalue weighted by Crippen LogP contribution is -2.39. The average Bonchev–Trinajstić information content (AvgIpc) is 2.66. The van der Waals surface area contributed by atoms with Gasteiger partial charge in [-0.05, 0) is 30.2 Å². The maximum Gasteiger partial charge on any atom is 0.416 e. The first-order valence-corrected chi connectivity index (χ1v) is 8.57. The number of nitrogens with zero attached hydrogens (tertiary/aromatic N) is 1. The maximum atomic E-state index is 13.0. The quantitative estimate of drug-likeness (QED) is 0.621. The monoisotopic (exact) mass is 380 g/mol. The summed E-state index contributed by atoms with van der Waals surface area (Å²) in [7, 11) is 0. The highest BCUT2D eigenvalue weighted by atomic mass is 19.4. The molecule has 1 heterocycles. The third-order valence-electron chi connectivity index (χ3n) is 4.63. The number of rotatable bonds is 5. The van der Waals surface area contributed by atoms with E-state index in [1.54, 1.807) is 0 Å². The summed E-state index contributed by atoms with van der Waals surface area (Å²) in [6.45, 7) is 1.34. The molecule has 0 aliphatic carbocycles. The molecule has 8 heteroatoms. The number of ether oxygens (including phenoxy) is 1. The largest absolute Gasteiger partial charge is 0.416 e. The molecule has 3 rings (SSSR count). The molecule has 27 heavy (non-hydrogen) atoms. The molecule has 0 bridgehead atoms. The van der Waals surface area contributed by atoms with Gasteiger partial charge in [0.2, 0.25) is 0 Å². The summed E-state index contributed by atoms with van der Waals surface area (Å²) in [5, 5.41) is 14.3. The number of nitro benzene ring substituents is 1. The van der Waals surface area contributed by atoms with E-state index in [9.17, 15) is 23.3 Å². The van der Waals surface area contributed by atoms with Gasteiger partial charge in [-0.2, -0.15) is 13.2 Å². The second-order valence-electron chi connectivity index (χ2n) is 6.50. The van der Waals surface area contributed by atoms with Crippen molar-refractivity contribution in [2.75, 3.05) is 13.1 Å². The Hall–Kier alpha value is -2.45. The molecule has 2 atom stereocenters. The van der Waals surface area contributed by atoms with Crippen LogP contribution in [0.4, 0.5) is 18.9 Å². The molecule has 0 radical (unpaired) electrons. The summed E-state index contributed by atoms with van der Waals surface area (Å²) >= 11 is 0. The Morgan fingerprint density at radius 3 is 2.59 bits per heavy atom. The molecule has 0 unspecified atom stereocenters. The van der Waals surface area contributed by atoms with Crippen molar-refractivity contribution in [2.24, 2.45) is 0 Å². The molecule has 1 N–H and O–H groups in total. The highest BCUT2D eigenvalue weighted by molar-refractivity contribution is 5.40. The summed E-state index contributed by atoms with van der Waals surface area (Å²) in [6, 6.07) is 12.3. The van der Waals surface area contributed by atoms with E-state index in [0.717, 1.165) is 24.2 Å². The number of nitro groups is 1. The van der Waals surface area contributed by atoms with E-state index in [1.807, 2.05) is 30.3 Å². The Morgan fingerprint density at radius 1 is 1.19 bits per heavy atom. The summed E-state index contributed by atoms with van der Waals surface area (Å²) in [5.41, 5.74) is -0.403. The molecule has 1 fully saturated rings. The lowest BCUT2D eigenvalue weighted by atomic mass is 9.89. The molecule has 5 nitrogen and oxygen atoms in total. The van der Waals surface area contributed by atoms with Crippen LogP contribution in [0.5, 0.6) is 0 Å². The number of nitrogens with one attached hydrogen (secondary N) is 1. The molecular formula is C19H19F3N2O3. The summed E-state index contributed by atoms with van der Waals surface area (Å²) < 4.78 is 45.0. The zero-order chi connectivity index (χ0) is 19.4. The molecule has 1 aliphatic rings. The Bertz CT molecular complexity index is 797. The van der Waals surface area contributed by atoms with Crippen molar-refractivity contribution in [3.05, 3.63) is 75.3 Å². The third kappa shape index (κ3) is 4.84. The topological polar surface area (TPSA) is 64.4 Å². The van der Waals surface area contributed by atoms with Crippen LogP contribution in [0.3, 0.4) is 0 Å². The van der Waals surface area contributed by atoms with Crippen LogP contribution in [0.2, 0.25) is 0 Å². The number of benzene rings is 2. The molecule has 1 saturated heterocycles. The first-order chi connectivity index (χ1) is 12.8. The second kappa shape index (κ2) is 8.06. The van der Waals surface area contributed by atoms with Crippen LogP contribution in [0, 0.1) is 10.1 Å². The zero-order valence-electron chi connectivity index (χ0n) is 14.4. The highest BCUT2D eigenvalue weighted by Gasteiger charge is 2.33. The molecule has 2 aromatic rings. The first kappa shape index (κ1) is 19.3. The van der Waals surface area contributed by atoms with Crippen molar-refractivity contribution in [3.8, 4) is 0 Å². The molecular weight excluding hydrogens is 361 g/mol. The van der Waals surface area contributed by atoms with E-state index in [1.165, 1.54) is 0 Å². The predicted octanol–water partition coefficient (Wildman–Crippen LogP) is 4.28. The highest BCUT2D eigenvalue weighted by Crippen LogP contribution is 2.33. The van der Waals surface area contributed by atoms with E-state index >= 15 is 0 Å². The van der Waals surface area contributed by atoms with Gasteiger partial charge in [0, 0.05) is 24.6 Å². The van der Waals surface area contributed by atoms with Crippen LogP contribution >= 0.6 is 0 Å². The summed E-state index contributed by atoms with van der Waals surface area (Å²) in [5.74, 6) is 0.0701. The smallest absolute Gasteiger partial charge is 0.373 e. The number of alkyl halides is 3. The number of piperidine rings is 1. The van der Waals surface area contributed by atoms with Crippen LogP contribution in [0.1, 0.15) is 29.0 Å². The van der Waals surface area contributed by atoms with Gasteiger partial charge in [-0.25, -0.2) is 0 Å². The minimum Gasteiger partial charge on any atom is -0.373 e.